The smallest absolute Gasteiger partial charge is 0.336 e. The zero-order valence-electron chi connectivity index (χ0n) is 20.6. The molecule has 9 heteroatoms. The Balaban J connectivity index is 1.91. The van der Waals surface area contributed by atoms with Gasteiger partial charge in [-0.05, 0) is 43.5 Å². The number of ether oxygens (including phenoxy) is 2. The van der Waals surface area contributed by atoms with E-state index < -0.39 is 11.9 Å². The molecule has 0 unspecified atom stereocenters. The number of anilines is 1. The molecule has 7 nitrogen and oxygen atoms in total. The Labute approximate surface area is 220 Å². The van der Waals surface area contributed by atoms with E-state index >= 15 is 0 Å². The third-order valence-electron chi connectivity index (χ3n) is 5.70. The van der Waals surface area contributed by atoms with E-state index in [1.54, 1.807) is 31.2 Å². The molecule has 0 spiro atoms. The minimum Gasteiger partial charge on any atom is -0.460 e. The van der Waals surface area contributed by atoms with Crippen LogP contribution in [0.5, 0.6) is 0 Å². The highest BCUT2D eigenvalue weighted by atomic mass is 35.5. The van der Waals surface area contributed by atoms with Crippen LogP contribution in [-0.4, -0.2) is 38.0 Å². The first-order valence-corrected chi connectivity index (χ1v) is 12.7. The Morgan fingerprint density at radius 3 is 2.44 bits per heavy atom. The van der Waals surface area contributed by atoms with Gasteiger partial charge in [0.1, 0.15) is 6.61 Å². The first-order chi connectivity index (χ1) is 17.3. The van der Waals surface area contributed by atoms with E-state index in [1.165, 1.54) is 18.9 Å². The topological polar surface area (TPSA) is 100 Å². The number of nitrogens with one attached hydrogen (secondary N) is 2. The van der Waals surface area contributed by atoms with Gasteiger partial charge in [-0.1, -0.05) is 59.8 Å². The standard InChI is InChI=1S/C27H28ClN3O4S/c1-16-8-7-9-17(2)25(16)31-22(32)15-36-26-20(14-29)24(19-10-5-6-11-21(19)28)23(18(3)30-26)27(33)35-13-12-34-4/h5-11,24,30H,12-13,15H2,1-4H3,(H,31,32)/t24-/m0/s1. The molecule has 1 heterocycles. The third kappa shape index (κ3) is 6.30. The number of thioether (sulfide) groups is 1. The Hall–Kier alpha value is -3.25. The Morgan fingerprint density at radius 2 is 1.81 bits per heavy atom. The highest BCUT2D eigenvalue weighted by Crippen LogP contribution is 2.43. The fourth-order valence-corrected chi connectivity index (χ4v) is 5.07. The van der Waals surface area contributed by atoms with Crippen molar-refractivity contribution in [2.45, 2.75) is 26.7 Å². The number of benzene rings is 2. The largest absolute Gasteiger partial charge is 0.460 e. The third-order valence-corrected chi connectivity index (χ3v) is 7.06. The lowest BCUT2D eigenvalue weighted by atomic mass is 9.82. The van der Waals surface area contributed by atoms with Crippen LogP contribution in [0.3, 0.4) is 0 Å². The second-order valence-corrected chi connectivity index (χ2v) is 9.60. The molecule has 1 aliphatic heterocycles. The van der Waals surface area contributed by atoms with E-state index in [4.69, 9.17) is 21.1 Å². The maximum Gasteiger partial charge on any atom is 0.336 e. The monoisotopic (exact) mass is 525 g/mol. The highest BCUT2D eigenvalue weighted by Gasteiger charge is 2.36. The number of rotatable bonds is 9. The normalized spacial score (nSPS) is 15.3. The Kier molecular flexibility index (Phi) is 9.59. The molecule has 2 aromatic rings. The number of methoxy groups -OCH3 is 1. The van der Waals surface area contributed by atoms with Gasteiger partial charge in [0.15, 0.2) is 0 Å². The second kappa shape index (κ2) is 12.6. The SMILES string of the molecule is COCCOC(=O)C1=C(C)NC(SCC(=O)Nc2c(C)cccc2C)=C(C#N)[C@@H]1c1ccccc1Cl. The number of nitriles is 1. The molecule has 3 rings (SSSR count). The number of hydrogen-bond donors (Lipinski definition) is 2. The number of para-hydroxylation sites is 1. The quantitative estimate of drug-likeness (QED) is 0.342. The molecule has 1 amide bonds. The lowest BCUT2D eigenvalue weighted by molar-refractivity contribution is -0.140. The van der Waals surface area contributed by atoms with Gasteiger partial charge in [-0.3, -0.25) is 4.79 Å². The van der Waals surface area contributed by atoms with Gasteiger partial charge in [-0.15, -0.1) is 0 Å². The molecule has 0 saturated carbocycles. The van der Waals surface area contributed by atoms with Crippen LogP contribution in [0, 0.1) is 25.2 Å². The summed E-state index contributed by atoms with van der Waals surface area (Å²) in [5, 5.41) is 17.2. The molecule has 2 N–H and O–H groups in total. The van der Waals surface area contributed by atoms with E-state index in [0.717, 1.165) is 16.8 Å². The van der Waals surface area contributed by atoms with Gasteiger partial charge in [0.25, 0.3) is 0 Å². The van der Waals surface area contributed by atoms with Crippen LogP contribution >= 0.6 is 23.4 Å². The summed E-state index contributed by atoms with van der Waals surface area (Å²) in [5.74, 6) is -1.45. The fraction of sp³-hybridized carbons (Fsp3) is 0.296. The predicted octanol–water partition coefficient (Wildman–Crippen LogP) is 5.21. The number of aryl methyl sites for hydroxylation is 2. The zero-order valence-corrected chi connectivity index (χ0v) is 22.2. The molecule has 0 bridgehead atoms. The van der Waals surface area contributed by atoms with Crippen molar-refractivity contribution in [3.8, 4) is 6.07 Å². The van der Waals surface area contributed by atoms with E-state index in [1.807, 2.05) is 32.0 Å². The number of allylic oxidation sites excluding steroid dienone is 2. The summed E-state index contributed by atoms with van der Waals surface area (Å²) in [5.41, 5.74) is 4.43. The van der Waals surface area contributed by atoms with Crippen LogP contribution in [0.15, 0.2) is 64.3 Å². The molecule has 188 valence electrons. The second-order valence-electron chi connectivity index (χ2n) is 8.21. The van der Waals surface area contributed by atoms with E-state index in [0.29, 0.717) is 26.9 Å². The fourth-order valence-electron chi connectivity index (χ4n) is 3.94. The lowest BCUT2D eigenvalue weighted by Crippen LogP contribution is -2.30. The van der Waals surface area contributed by atoms with Gasteiger partial charge in [-0.25, -0.2) is 4.79 Å². The summed E-state index contributed by atoms with van der Waals surface area (Å²) in [6.07, 6.45) is 0. The number of hydrogen-bond acceptors (Lipinski definition) is 7. The van der Waals surface area contributed by atoms with Gasteiger partial charge in [0.2, 0.25) is 5.91 Å². The van der Waals surface area contributed by atoms with Crippen LogP contribution < -0.4 is 10.6 Å². The van der Waals surface area contributed by atoms with Crippen LogP contribution in [0.4, 0.5) is 5.69 Å². The van der Waals surface area contributed by atoms with Crippen molar-refractivity contribution >= 4 is 40.9 Å². The van der Waals surface area contributed by atoms with Crippen LogP contribution in [0.2, 0.25) is 5.02 Å². The van der Waals surface area contributed by atoms with Crippen molar-refractivity contribution in [1.29, 1.82) is 5.26 Å². The number of amides is 1. The molecule has 1 aliphatic rings. The number of nitrogens with zero attached hydrogens (tertiary/aromatic N) is 1. The van der Waals surface area contributed by atoms with Crippen molar-refractivity contribution in [3.63, 3.8) is 0 Å². The van der Waals surface area contributed by atoms with Gasteiger partial charge < -0.3 is 20.1 Å². The molecule has 0 aliphatic carbocycles. The highest BCUT2D eigenvalue weighted by molar-refractivity contribution is 8.03. The summed E-state index contributed by atoms with van der Waals surface area (Å²) < 4.78 is 10.4. The number of halogens is 1. The van der Waals surface area contributed by atoms with E-state index in [9.17, 15) is 14.9 Å². The minimum absolute atomic E-state index is 0.0669. The van der Waals surface area contributed by atoms with Crippen molar-refractivity contribution < 1.29 is 19.1 Å². The Morgan fingerprint density at radius 1 is 1.11 bits per heavy atom. The predicted molar refractivity (Wildman–Crippen MR) is 143 cm³/mol. The number of carbonyl (C=O) groups excluding carboxylic acids is 2. The lowest BCUT2D eigenvalue weighted by Gasteiger charge is -2.29. The van der Waals surface area contributed by atoms with Crippen LogP contribution in [0.1, 0.15) is 29.5 Å². The van der Waals surface area contributed by atoms with Crippen molar-refractivity contribution in [2.24, 2.45) is 0 Å². The average molecular weight is 526 g/mol. The Bertz CT molecular complexity index is 1250. The van der Waals surface area contributed by atoms with E-state index in [2.05, 4.69) is 16.7 Å². The summed E-state index contributed by atoms with van der Waals surface area (Å²) in [6, 6.07) is 15.1. The summed E-state index contributed by atoms with van der Waals surface area (Å²) >= 11 is 7.70. The molecule has 0 aromatic heterocycles. The zero-order chi connectivity index (χ0) is 26.2. The molecule has 0 saturated heterocycles. The first kappa shape index (κ1) is 27.3. The van der Waals surface area contributed by atoms with Crippen LogP contribution in [-0.2, 0) is 19.1 Å². The summed E-state index contributed by atoms with van der Waals surface area (Å²) in [7, 11) is 1.52. The number of carbonyl (C=O) groups is 2. The van der Waals surface area contributed by atoms with Crippen molar-refractivity contribution in [1.82, 2.24) is 5.32 Å². The van der Waals surface area contributed by atoms with Gasteiger partial charge >= 0.3 is 5.97 Å². The van der Waals surface area contributed by atoms with Crippen LogP contribution in [0.25, 0.3) is 0 Å². The molecule has 36 heavy (non-hydrogen) atoms. The maximum absolute atomic E-state index is 13.1. The molecule has 2 aromatic carbocycles. The molecular formula is C27H28ClN3O4S. The first-order valence-electron chi connectivity index (χ1n) is 11.3. The van der Waals surface area contributed by atoms with E-state index in [-0.39, 0.29) is 30.4 Å². The van der Waals surface area contributed by atoms with Gasteiger partial charge in [0, 0.05) is 23.5 Å². The summed E-state index contributed by atoms with van der Waals surface area (Å²) in [6.45, 7) is 5.93. The molecular weight excluding hydrogens is 498 g/mol. The number of esters is 1. The molecule has 0 radical (unpaired) electrons. The average Bonchev–Trinajstić information content (AvgIpc) is 2.85. The number of dihydropyridines is 1. The summed E-state index contributed by atoms with van der Waals surface area (Å²) in [4.78, 5) is 25.8. The van der Waals surface area contributed by atoms with Crippen molar-refractivity contribution in [3.05, 3.63) is 86.0 Å². The maximum atomic E-state index is 13.1. The molecule has 1 atom stereocenters. The van der Waals surface area contributed by atoms with Gasteiger partial charge in [0.05, 0.1) is 40.5 Å². The minimum atomic E-state index is -0.746. The van der Waals surface area contributed by atoms with Crippen molar-refractivity contribution in [2.75, 3.05) is 31.4 Å². The molecule has 0 fully saturated rings. The van der Waals surface area contributed by atoms with Gasteiger partial charge in [-0.2, -0.15) is 5.26 Å².